The van der Waals surface area contributed by atoms with E-state index < -0.39 is 7.14 Å². The number of hydrogen-bond donors (Lipinski definition) is 0. The van der Waals surface area contributed by atoms with E-state index in [-0.39, 0.29) is 0 Å². The van der Waals surface area contributed by atoms with Gasteiger partial charge in [-0.3, -0.25) is 0 Å². The molecule has 0 heterocycles. The summed E-state index contributed by atoms with van der Waals surface area (Å²) >= 11 is 0. The van der Waals surface area contributed by atoms with Crippen molar-refractivity contribution in [1.29, 1.82) is 0 Å². The van der Waals surface area contributed by atoms with E-state index in [1.54, 1.807) is 19.3 Å². The van der Waals surface area contributed by atoms with E-state index in [0.717, 1.165) is 5.30 Å². The Labute approximate surface area is 107 Å². The van der Waals surface area contributed by atoms with Gasteiger partial charge in [0, 0.05) is 17.5 Å². The number of methoxy groups -OCH3 is 1. The van der Waals surface area contributed by atoms with Gasteiger partial charge in [-0.2, -0.15) is 0 Å². The lowest BCUT2D eigenvalue weighted by atomic mass is 10.3. The maximum atomic E-state index is 13.1. The molecule has 1 aromatic rings. The molecule has 1 aromatic carbocycles. The quantitative estimate of drug-likeness (QED) is 0.608. The van der Waals surface area contributed by atoms with E-state index in [4.69, 9.17) is 4.74 Å². The van der Waals surface area contributed by atoms with Crippen molar-refractivity contribution in [2.24, 2.45) is 0 Å². The molecule has 0 saturated carbocycles. The molecule has 0 saturated heterocycles. The van der Waals surface area contributed by atoms with Crippen LogP contribution in [0.25, 0.3) is 0 Å². The molecule has 90 valence electrons. The lowest BCUT2D eigenvalue weighted by Crippen LogP contribution is -2.05. The fraction of sp³-hybridized carbons (Fsp3) is 0.0667. The van der Waals surface area contributed by atoms with E-state index in [1.807, 2.05) is 30.3 Å². The summed E-state index contributed by atoms with van der Waals surface area (Å²) in [7, 11) is -1.32. The van der Waals surface area contributed by atoms with E-state index in [2.05, 4.69) is 18.0 Å². The topological polar surface area (TPSA) is 26.3 Å². The predicted molar refractivity (Wildman–Crippen MR) is 74.1 cm³/mol. The van der Waals surface area contributed by atoms with Gasteiger partial charge in [0.15, 0.2) is 7.14 Å². The molecule has 0 bridgehead atoms. The lowest BCUT2D eigenvalue weighted by Gasteiger charge is -2.18. The highest BCUT2D eigenvalue weighted by Gasteiger charge is 2.28. The Hall–Kier alpha value is -1.97. The summed E-state index contributed by atoms with van der Waals surface area (Å²) < 4.78 is 18.4. The smallest absolute Gasteiger partial charge is 0.167 e. The summed E-state index contributed by atoms with van der Waals surface area (Å²) in [6.45, 7) is 3.72. The third kappa shape index (κ3) is 2.06. The first-order valence-corrected chi connectivity index (χ1v) is 7.25. The summed E-state index contributed by atoms with van der Waals surface area (Å²) in [5.74, 6) is 2.04. The van der Waals surface area contributed by atoms with Crippen molar-refractivity contribution >= 4 is 12.4 Å². The highest BCUT2D eigenvalue weighted by molar-refractivity contribution is 7.78. The molecule has 0 spiro atoms. The van der Waals surface area contributed by atoms with Gasteiger partial charge in [-0.05, 0) is 5.82 Å². The van der Waals surface area contributed by atoms with Gasteiger partial charge in [-0.15, -0.1) is 0 Å². The Balaban J connectivity index is 2.63. The molecule has 0 unspecified atom stereocenters. The van der Waals surface area contributed by atoms with Gasteiger partial charge < -0.3 is 9.30 Å². The van der Waals surface area contributed by atoms with Crippen LogP contribution in [0, 0.1) is 0 Å². The Morgan fingerprint density at radius 1 is 1.22 bits per heavy atom. The van der Waals surface area contributed by atoms with Crippen LogP contribution in [0.3, 0.4) is 0 Å². The average molecular weight is 256 g/mol. The second-order valence-electron chi connectivity index (χ2n) is 3.71. The number of ether oxygens (including phenoxy) is 1. The number of rotatable bonds is 4. The Bertz CT molecular complexity index is 640. The standard InChI is InChI=1S/C15H13O2P/c1-3-18(16,13-9-5-4-6-10-13)15-12-8-7-11-14(15)17-2/h3-6,9-12H,1H2,2H3/t18-/m1/s1. The molecule has 0 radical (unpaired) electrons. The number of allylic oxidation sites excluding steroid dienone is 3. The van der Waals surface area contributed by atoms with Crippen LogP contribution in [-0.2, 0) is 9.30 Å². The summed E-state index contributed by atoms with van der Waals surface area (Å²) in [5, 5.41) is 1.34. The summed E-state index contributed by atoms with van der Waals surface area (Å²) in [6.07, 6.45) is 3.28. The van der Waals surface area contributed by atoms with Crippen LogP contribution in [0.15, 0.2) is 77.4 Å². The molecular formula is C15H13O2P. The van der Waals surface area contributed by atoms with Gasteiger partial charge in [0.1, 0.15) is 5.76 Å². The van der Waals surface area contributed by atoms with Crippen molar-refractivity contribution in [3.63, 3.8) is 0 Å². The minimum atomic E-state index is -2.87. The van der Waals surface area contributed by atoms with Crippen molar-refractivity contribution in [3.8, 4) is 0 Å². The first kappa shape index (κ1) is 12.5. The van der Waals surface area contributed by atoms with Gasteiger partial charge in [-0.1, -0.05) is 48.4 Å². The van der Waals surface area contributed by atoms with Crippen LogP contribution in [0.2, 0.25) is 0 Å². The van der Waals surface area contributed by atoms with Crippen molar-refractivity contribution < 1.29 is 9.30 Å². The van der Waals surface area contributed by atoms with Crippen LogP contribution in [-0.4, -0.2) is 7.11 Å². The van der Waals surface area contributed by atoms with Gasteiger partial charge in [-0.25, -0.2) is 0 Å². The maximum Gasteiger partial charge on any atom is 0.167 e. The molecular weight excluding hydrogens is 243 g/mol. The molecule has 0 amide bonds. The van der Waals surface area contributed by atoms with Crippen molar-refractivity contribution in [2.75, 3.05) is 7.11 Å². The minimum absolute atomic E-state index is 0.542. The maximum absolute atomic E-state index is 13.1. The highest BCUT2D eigenvalue weighted by atomic mass is 31.2. The molecule has 0 fully saturated rings. The van der Waals surface area contributed by atoms with E-state index >= 15 is 0 Å². The van der Waals surface area contributed by atoms with Crippen molar-refractivity contribution in [3.05, 3.63) is 77.4 Å². The average Bonchev–Trinajstić information content (AvgIpc) is 2.47. The van der Waals surface area contributed by atoms with Crippen LogP contribution < -0.4 is 5.30 Å². The van der Waals surface area contributed by atoms with Gasteiger partial charge in [0.2, 0.25) is 0 Å². The van der Waals surface area contributed by atoms with Crippen LogP contribution in [0.5, 0.6) is 0 Å². The van der Waals surface area contributed by atoms with Crippen LogP contribution in [0.1, 0.15) is 0 Å². The first-order chi connectivity index (χ1) is 8.72. The summed E-state index contributed by atoms with van der Waals surface area (Å²) in [5.41, 5.74) is 5.62. The molecule has 1 aliphatic carbocycles. The Morgan fingerprint density at radius 3 is 2.50 bits per heavy atom. The van der Waals surface area contributed by atoms with E-state index in [1.165, 1.54) is 5.82 Å². The monoisotopic (exact) mass is 256 g/mol. The Kier molecular flexibility index (Phi) is 3.55. The zero-order valence-corrected chi connectivity index (χ0v) is 11.0. The van der Waals surface area contributed by atoms with Gasteiger partial charge in [0.05, 0.1) is 12.4 Å². The van der Waals surface area contributed by atoms with Crippen LogP contribution >= 0.6 is 7.14 Å². The Morgan fingerprint density at radius 2 is 1.89 bits per heavy atom. The summed E-state index contributed by atoms with van der Waals surface area (Å²) in [4.78, 5) is 0. The second kappa shape index (κ2) is 5.12. The highest BCUT2D eigenvalue weighted by Crippen LogP contribution is 2.56. The fourth-order valence-corrected chi connectivity index (χ4v) is 3.82. The third-order valence-corrected chi connectivity index (χ3v) is 5.37. The molecule has 1 atom stereocenters. The third-order valence-electron chi connectivity index (χ3n) is 2.72. The SMILES string of the molecule is C=C[P@](=O)(C1=C(OC)C=C=C=C1)c1ccccc1. The molecule has 18 heavy (non-hydrogen) atoms. The zero-order chi connectivity index (χ0) is 13.0. The summed E-state index contributed by atoms with van der Waals surface area (Å²) in [6, 6.07) is 9.27. The van der Waals surface area contributed by atoms with Gasteiger partial charge >= 0.3 is 0 Å². The van der Waals surface area contributed by atoms with Crippen molar-refractivity contribution in [2.45, 2.75) is 0 Å². The number of benzene rings is 1. The fourth-order valence-electron chi connectivity index (χ4n) is 1.78. The van der Waals surface area contributed by atoms with E-state index in [0.29, 0.717) is 11.1 Å². The molecule has 1 aliphatic rings. The largest absolute Gasteiger partial charge is 0.495 e. The number of hydrogen-bond acceptors (Lipinski definition) is 2. The van der Waals surface area contributed by atoms with E-state index in [9.17, 15) is 4.57 Å². The molecule has 2 nitrogen and oxygen atoms in total. The molecule has 0 aromatic heterocycles. The molecule has 3 heteroatoms. The second-order valence-corrected chi connectivity index (χ2v) is 6.39. The van der Waals surface area contributed by atoms with Gasteiger partial charge in [0.25, 0.3) is 0 Å². The molecule has 0 aliphatic heterocycles. The predicted octanol–water partition coefficient (Wildman–Crippen LogP) is 3.56. The normalized spacial score (nSPS) is 16.5. The zero-order valence-electron chi connectivity index (χ0n) is 10.1. The lowest BCUT2D eigenvalue weighted by molar-refractivity contribution is 0.305. The van der Waals surface area contributed by atoms with Crippen LogP contribution in [0.4, 0.5) is 0 Å². The minimum Gasteiger partial charge on any atom is -0.495 e. The first-order valence-electron chi connectivity index (χ1n) is 5.47. The van der Waals surface area contributed by atoms with Crippen molar-refractivity contribution in [1.82, 2.24) is 0 Å². The molecule has 2 rings (SSSR count). The molecule has 0 N–H and O–H groups in total.